The van der Waals surface area contributed by atoms with Crippen LogP contribution in [0.1, 0.15) is 25.5 Å². The highest BCUT2D eigenvalue weighted by Gasteiger charge is 2.62. The second-order valence-electron chi connectivity index (χ2n) is 3.38. The molecule has 1 rings (SSSR count). The van der Waals surface area contributed by atoms with Crippen molar-refractivity contribution in [3.8, 4) is 0 Å². The lowest BCUT2D eigenvalue weighted by Gasteiger charge is -2.20. The SMILES string of the molecule is CCCCn1nnc(Cl)c1C(F)(F)C(F)(F)F. The minimum absolute atomic E-state index is 0.0861. The van der Waals surface area contributed by atoms with Gasteiger partial charge in [-0.2, -0.15) is 22.0 Å². The molecule has 0 aromatic carbocycles. The van der Waals surface area contributed by atoms with Gasteiger partial charge in [-0.25, -0.2) is 4.68 Å². The average Bonchev–Trinajstić information content (AvgIpc) is 2.55. The average molecular weight is 278 g/mol. The summed E-state index contributed by atoms with van der Waals surface area (Å²) in [7, 11) is 0. The van der Waals surface area contributed by atoms with Crippen LogP contribution in [0, 0.1) is 0 Å². The lowest BCUT2D eigenvalue weighted by atomic mass is 10.2. The summed E-state index contributed by atoms with van der Waals surface area (Å²) in [6, 6.07) is 0. The molecule has 3 nitrogen and oxygen atoms in total. The van der Waals surface area contributed by atoms with Crippen LogP contribution in [0.4, 0.5) is 22.0 Å². The van der Waals surface area contributed by atoms with Crippen LogP contribution in [0.5, 0.6) is 0 Å². The highest BCUT2D eigenvalue weighted by atomic mass is 35.5. The zero-order chi connectivity index (χ0) is 13.3. The molecule has 1 aromatic heterocycles. The Morgan fingerprint density at radius 3 is 2.29 bits per heavy atom. The molecule has 0 aliphatic rings. The topological polar surface area (TPSA) is 30.7 Å². The highest BCUT2D eigenvalue weighted by molar-refractivity contribution is 6.30. The second kappa shape index (κ2) is 4.75. The molecule has 17 heavy (non-hydrogen) atoms. The first-order chi connectivity index (χ1) is 7.71. The van der Waals surface area contributed by atoms with Crippen LogP contribution in [-0.4, -0.2) is 21.2 Å². The molecule has 0 unspecified atom stereocenters. The van der Waals surface area contributed by atoms with Gasteiger partial charge in [0.1, 0.15) is 0 Å². The van der Waals surface area contributed by atoms with E-state index in [2.05, 4.69) is 10.3 Å². The molecule has 0 radical (unpaired) electrons. The predicted molar refractivity (Wildman–Crippen MR) is 49.9 cm³/mol. The van der Waals surface area contributed by atoms with E-state index in [1.165, 1.54) is 0 Å². The highest BCUT2D eigenvalue weighted by Crippen LogP contribution is 2.45. The van der Waals surface area contributed by atoms with E-state index in [-0.39, 0.29) is 6.54 Å². The lowest BCUT2D eigenvalue weighted by molar-refractivity contribution is -0.292. The molecule has 0 fully saturated rings. The minimum Gasteiger partial charge on any atom is -0.241 e. The van der Waals surface area contributed by atoms with Crippen molar-refractivity contribution >= 4 is 11.6 Å². The molecule has 1 aromatic rings. The molecule has 0 atom stereocenters. The number of aryl methyl sites for hydroxylation is 1. The molecule has 1 heterocycles. The molecule has 0 saturated heterocycles. The van der Waals surface area contributed by atoms with Gasteiger partial charge in [-0.05, 0) is 6.42 Å². The Morgan fingerprint density at radius 1 is 1.24 bits per heavy atom. The van der Waals surface area contributed by atoms with Crippen molar-refractivity contribution < 1.29 is 22.0 Å². The van der Waals surface area contributed by atoms with Gasteiger partial charge in [0.15, 0.2) is 10.8 Å². The number of aromatic nitrogens is 3. The van der Waals surface area contributed by atoms with Crippen molar-refractivity contribution in [1.82, 2.24) is 15.0 Å². The van der Waals surface area contributed by atoms with Gasteiger partial charge in [0.05, 0.1) is 0 Å². The van der Waals surface area contributed by atoms with Crippen LogP contribution in [0.2, 0.25) is 5.15 Å². The Labute approximate surface area is 98.5 Å². The van der Waals surface area contributed by atoms with Crippen molar-refractivity contribution in [1.29, 1.82) is 0 Å². The Morgan fingerprint density at radius 2 is 1.82 bits per heavy atom. The Bertz CT molecular complexity index is 387. The third-order valence-corrected chi connectivity index (χ3v) is 2.33. The number of halogens is 6. The van der Waals surface area contributed by atoms with Crippen molar-refractivity contribution in [3.63, 3.8) is 0 Å². The molecule has 0 N–H and O–H groups in total. The van der Waals surface area contributed by atoms with Gasteiger partial charge >= 0.3 is 12.1 Å². The molecule has 0 spiro atoms. The fourth-order valence-electron chi connectivity index (χ4n) is 1.18. The molecular weight excluding hydrogens is 269 g/mol. The van der Waals surface area contributed by atoms with Crippen LogP contribution >= 0.6 is 11.6 Å². The van der Waals surface area contributed by atoms with Crippen LogP contribution in [-0.2, 0) is 12.5 Å². The monoisotopic (exact) mass is 277 g/mol. The summed E-state index contributed by atoms with van der Waals surface area (Å²) in [5.74, 6) is -5.05. The third-order valence-electron chi connectivity index (χ3n) is 2.07. The van der Waals surface area contributed by atoms with E-state index in [9.17, 15) is 22.0 Å². The van der Waals surface area contributed by atoms with Gasteiger partial charge in [-0.1, -0.05) is 30.2 Å². The van der Waals surface area contributed by atoms with Crippen molar-refractivity contribution in [2.75, 3.05) is 0 Å². The number of unbranched alkanes of at least 4 members (excludes halogenated alkanes) is 1. The zero-order valence-corrected chi connectivity index (χ0v) is 9.49. The quantitative estimate of drug-likeness (QED) is 0.790. The summed E-state index contributed by atoms with van der Waals surface area (Å²) in [6.45, 7) is 1.68. The van der Waals surface area contributed by atoms with Crippen LogP contribution in [0.3, 0.4) is 0 Å². The fraction of sp³-hybridized carbons (Fsp3) is 0.750. The third kappa shape index (κ3) is 2.67. The van der Waals surface area contributed by atoms with Gasteiger partial charge in [-0.15, -0.1) is 5.10 Å². The predicted octanol–water partition coefficient (Wildman–Crippen LogP) is 3.39. The van der Waals surface area contributed by atoms with Crippen LogP contribution in [0.25, 0.3) is 0 Å². The number of nitrogens with zero attached hydrogens (tertiary/aromatic N) is 3. The smallest absolute Gasteiger partial charge is 0.241 e. The summed E-state index contributed by atoms with van der Waals surface area (Å²) in [6.07, 6.45) is -4.70. The maximum atomic E-state index is 13.1. The van der Waals surface area contributed by atoms with E-state index < -0.39 is 22.9 Å². The van der Waals surface area contributed by atoms with Crippen molar-refractivity contribution in [2.45, 2.75) is 38.4 Å². The molecule has 0 amide bonds. The minimum atomic E-state index is -5.72. The Hall–Kier alpha value is -0.920. The number of rotatable bonds is 4. The molecule has 9 heteroatoms. The normalized spacial score (nSPS) is 13.1. The van der Waals surface area contributed by atoms with Crippen LogP contribution < -0.4 is 0 Å². The first kappa shape index (κ1) is 14.1. The Balaban J connectivity index is 3.16. The summed E-state index contributed by atoms with van der Waals surface area (Å²) in [5, 5.41) is 5.31. The summed E-state index contributed by atoms with van der Waals surface area (Å²) >= 11 is 5.24. The maximum absolute atomic E-state index is 13.1. The van der Waals surface area contributed by atoms with E-state index in [0.29, 0.717) is 17.5 Å². The summed E-state index contributed by atoms with van der Waals surface area (Å²) in [5.41, 5.74) is -1.40. The van der Waals surface area contributed by atoms with Gasteiger partial charge < -0.3 is 0 Å². The van der Waals surface area contributed by atoms with E-state index in [4.69, 9.17) is 11.6 Å². The molecule has 0 aliphatic heterocycles. The van der Waals surface area contributed by atoms with E-state index in [1.807, 2.05) is 0 Å². The molecular formula is C8H9ClF5N3. The first-order valence-corrected chi connectivity index (χ1v) is 5.13. The molecule has 0 bridgehead atoms. The molecule has 0 aliphatic carbocycles. The van der Waals surface area contributed by atoms with Gasteiger partial charge in [0.2, 0.25) is 0 Å². The van der Waals surface area contributed by atoms with E-state index >= 15 is 0 Å². The lowest BCUT2D eigenvalue weighted by Crippen LogP contribution is -2.36. The van der Waals surface area contributed by atoms with Gasteiger partial charge in [0.25, 0.3) is 0 Å². The maximum Gasteiger partial charge on any atom is 0.459 e. The molecule has 0 saturated carbocycles. The number of alkyl halides is 5. The van der Waals surface area contributed by atoms with Gasteiger partial charge in [-0.3, -0.25) is 0 Å². The Kier molecular flexibility index (Phi) is 3.95. The number of hydrogen-bond acceptors (Lipinski definition) is 2. The second-order valence-corrected chi connectivity index (χ2v) is 3.74. The number of hydrogen-bond donors (Lipinski definition) is 0. The van der Waals surface area contributed by atoms with Crippen LogP contribution in [0.15, 0.2) is 0 Å². The largest absolute Gasteiger partial charge is 0.459 e. The van der Waals surface area contributed by atoms with Crippen molar-refractivity contribution in [3.05, 3.63) is 10.8 Å². The van der Waals surface area contributed by atoms with E-state index in [0.717, 1.165) is 0 Å². The van der Waals surface area contributed by atoms with E-state index in [1.54, 1.807) is 6.92 Å². The standard InChI is InChI=1S/C8H9ClF5N3/c1-2-3-4-17-5(6(9)15-16-17)7(10,11)8(12,13)14/h2-4H2,1H3. The van der Waals surface area contributed by atoms with Gasteiger partial charge in [0, 0.05) is 6.54 Å². The summed E-state index contributed by atoms with van der Waals surface area (Å²) in [4.78, 5) is 0. The first-order valence-electron chi connectivity index (χ1n) is 4.75. The zero-order valence-electron chi connectivity index (χ0n) is 8.73. The fourth-order valence-corrected chi connectivity index (χ4v) is 1.43. The summed E-state index contributed by atoms with van der Waals surface area (Å²) < 4.78 is 63.4. The molecule has 98 valence electrons. The van der Waals surface area contributed by atoms with Crippen molar-refractivity contribution in [2.24, 2.45) is 0 Å².